The Bertz CT molecular complexity index is 695. The van der Waals surface area contributed by atoms with E-state index in [1.165, 1.54) is 12.1 Å². The fourth-order valence-corrected chi connectivity index (χ4v) is 3.32. The van der Waals surface area contributed by atoms with Crippen molar-refractivity contribution < 1.29 is 9.18 Å². The summed E-state index contributed by atoms with van der Waals surface area (Å²) in [5, 5.41) is 3.76. The lowest BCUT2D eigenvalue weighted by Gasteiger charge is -2.38. The number of likely N-dealkylation sites (N-methyl/N-ethyl adjacent to an activating group) is 1. The summed E-state index contributed by atoms with van der Waals surface area (Å²) in [6, 6.07) is 5.75. The first-order chi connectivity index (χ1) is 11.9. The molecule has 0 saturated heterocycles. The molecule has 0 radical (unpaired) electrons. The van der Waals surface area contributed by atoms with Crippen LogP contribution in [0.2, 0.25) is 0 Å². The highest BCUT2D eigenvalue weighted by Crippen LogP contribution is 2.32. The number of hydrogen-bond acceptors (Lipinski definition) is 2. The number of benzene rings is 1. The first-order valence-electron chi connectivity index (χ1n) is 8.38. The third-order valence-electron chi connectivity index (χ3n) is 4.39. The zero-order valence-corrected chi connectivity index (χ0v) is 15.7. The highest BCUT2D eigenvalue weighted by atomic mass is 32.1. The van der Waals surface area contributed by atoms with Crippen LogP contribution in [-0.2, 0) is 4.79 Å². The molecule has 6 heteroatoms. The summed E-state index contributed by atoms with van der Waals surface area (Å²) < 4.78 is 13.3. The smallest absolute Gasteiger partial charge is 0.253 e. The molecule has 0 aromatic heterocycles. The Morgan fingerprint density at radius 3 is 2.48 bits per heavy atom. The van der Waals surface area contributed by atoms with Gasteiger partial charge in [0.15, 0.2) is 5.11 Å². The quantitative estimate of drug-likeness (QED) is 0.622. The standard InChI is InChI=1S/C19H24FN3OS/c1-5-12-23-13(4)16(18(24)22(6-2)7-3)17(21-19(23)25)14-8-10-15(20)11-9-14/h5,8-11,17H,1,6-7,12H2,2-4H3,(H,21,25)/t17-/m1/s1. The second kappa shape index (κ2) is 8.25. The van der Waals surface area contributed by atoms with Crippen LogP contribution in [-0.4, -0.2) is 40.5 Å². The summed E-state index contributed by atoms with van der Waals surface area (Å²) in [6.07, 6.45) is 1.75. The SMILES string of the molecule is C=CCN1C(=S)N[C@H](c2ccc(F)cc2)C(C(=O)N(CC)CC)=C1C. The predicted octanol–water partition coefficient (Wildman–Crippen LogP) is 3.39. The molecule has 1 aliphatic rings. The first kappa shape index (κ1) is 19.1. The summed E-state index contributed by atoms with van der Waals surface area (Å²) in [4.78, 5) is 16.8. The van der Waals surface area contributed by atoms with Crippen molar-refractivity contribution in [3.8, 4) is 0 Å². The van der Waals surface area contributed by atoms with E-state index in [0.29, 0.717) is 30.3 Å². The summed E-state index contributed by atoms with van der Waals surface area (Å²) in [5.74, 6) is -0.353. The van der Waals surface area contributed by atoms with Gasteiger partial charge in [0.05, 0.1) is 11.6 Å². The number of carbonyl (C=O) groups is 1. The van der Waals surface area contributed by atoms with Crippen molar-refractivity contribution in [1.82, 2.24) is 15.1 Å². The Morgan fingerprint density at radius 1 is 1.36 bits per heavy atom. The van der Waals surface area contributed by atoms with Crippen LogP contribution in [0.1, 0.15) is 32.4 Å². The number of nitrogens with zero attached hydrogens (tertiary/aromatic N) is 2. The van der Waals surface area contributed by atoms with E-state index in [1.54, 1.807) is 23.1 Å². The number of allylic oxidation sites excluding steroid dienone is 1. The lowest BCUT2D eigenvalue weighted by atomic mass is 9.93. The molecule has 1 heterocycles. The monoisotopic (exact) mass is 361 g/mol. The Balaban J connectivity index is 2.56. The molecule has 1 amide bonds. The van der Waals surface area contributed by atoms with E-state index in [2.05, 4.69) is 11.9 Å². The molecule has 1 N–H and O–H groups in total. The van der Waals surface area contributed by atoms with Gasteiger partial charge < -0.3 is 15.1 Å². The van der Waals surface area contributed by atoms with Gasteiger partial charge in [-0.3, -0.25) is 4.79 Å². The van der Waals surface area contributed by atoms with Crippen molar-refractivity contribution in [3.05, 3.63) is 59.6 Å². The normalized spacial score (nSPS) is 17.4. The Labute approximate surface area is 154 Å². The van der Waals surface area contributed by atoms with Gasteiger partial charge in [0.1, 0.15) is 5.82 Å². The minimum atomic E-state index is -0.401. The number of nitrogens with one attached hydrogen (secondary N) is 1. The maximum absolute atomic E-state index is 13.3. The fraction of sp³-hybridized carbons (Fsp3) is 0.368. The molecule has 0 aliphatic carbocycles. The molecular formula is C19H24FN3OS. The largest absolute Gasteiger partial charge is 0.351 e. The van der Waals surface area contributed by atoms with Crippen molar-refractivity contribution >= 4 is 23.2 Å². The second-order valence-corrected chi connectivity index (χ2v) is 6.20. The predicted molar refractivity (Wildman–Crippen MR) is 102 cm³/mol. The number of carbonyl (C=O) groups excluding carboxylic acids is 1. The number of thiocarbonyl (C=S) groups is 1. The molecule has 1 aromatic rings. The van der Waals surface area contributed by atoms with Crippen molar-refractivity contribution in [2.75, 3.05) is 19.6 Å². The average Bonchev–Trinajstić information content (AvgIpc) is 2.59. The third kappa shape index (κ3) is 3.90. The minimum absolute atomic E-state index is 0.0408. The van der Waals surface area contributed by atoms with Gasteiger partial charge in [-0.1, -0.05) is 18.2 Å². The van der Waals surface area contributed by atoms with Crippen LogP contribution >= 0.6 is 12.2 Å². The average molecular weight is 361 g/mol. The van der Waals surface area contributed by atoms with Gasteiger partial charge in [-0.15, -0.1) is 6.58 Å². The van der Waals surface area contributed by atoms with E-state index in [-0.39, 0.29) is 11.7 Å². The van der Waals surface area contributed by atoms with Crippen molar-refractivity contribution in [1.29, 1.82) is 0 Å². The molecule has 0 bridgehead atoms. The maximum atomic E-state index is 13.3. The van der Waals surface area contributed by atoms with Gasteiger partial charge in [-0.2, -0.15) is 0 Å². The second-order valence-electron chi connectivity index (χ2n) is 5.81. The number of amides is 1. The third-order valence-corrected chi connectivity index (χ3v) is 4.73. The summed E-state index contributed by atoms with van der Waals surface area (Å²) >= 11 is 5.47. The van der Waals surface area contributed by atoms with E-state index in [9.17, 15) is 9.18 Å². The lowest BCUT2D eigenvalue weighted by Crippen LogP contribution is -2.49. The Morgan fingerprint density at radius 2 is 1.96 bits per heavy atom. The van der Waals surface area contributed by atoms with Gasteiger partial charge in [-0.05, 0) is 50.7 Å². The Kier molecular flexibility index (Phi) is 6.31. The minimum Gasteiger partial charge on any atom is -0.351 e. The molecule has 0 fully saturated rings. The van der Waals surface area contributed by atoms with Gasteiger partial charge in [-0.25, -0.2) is 4.39 Å². The molecule has 1 atom stereocenters. The molecule has 2 rings (SSSR count). The first-order valence-corrected chi connectivity index (χ1v) is 8.79. The van der Waals surface area contributed by atoms with E-state index in [0.717, 1.165) is 11.3 Å². The molecule has 1 aromatic carbocycles. The number of rotatable bonds is 6. The zero-order chi connectivity index (χ0) is 18.6. The van der Waals surface area contributed by atoms with Gasteiger partial charge in [0.25, 0.3) is 5.91 Å². The van der Waals surface area contributed by atoms with Crippen molar-refractivity contribution in [3.63, 3.8) is 0 Å². The van der Waals surface area contributed by atoms with Gasteiger partial charge >= 0.3 is 0 Å². The molecule has 0 spiro atoms. The molecule has 1 aliphatic heterocycles. The van der Waals surface area contributed by atoms with Crippen LogP contribution in [0.25, 0.3) is 0 Å². The van der Waals surface area contributed by atoms with Crippen LogP contribution in [0.3, 0.4) is 0 Å². The Hall–Kier alpha value is -2.21. The zero-order valence-electron chi connectivity index (χ0n) is 14.9. The number of hydrogen-bond donors (Lipinski definition) is 1. The van der Waals surface area contributed by atoms with Crippen LogP contribution in [0.15, 0.2) is 48.2 Å². The molecule has 134 valence electrons. The van der Waals surface area contributed by atoms with Crippen LogP contribution < -0.4 is 5.32 Å². The van der Waals surface area contributed by atoms with Crippen LogP contribution in [0.5, 0.6) is 0 Å². The molecule has 4 nitrogen and oxygen atoms in total. The highest BCUT2D eigenvalue weighted by molar-refractivity contribution is 7.80. The van der Waals surface area contributed by atoms with Crippen LogP contribution in [0.4, 0.5) is 4.39 Å². The molecule has 0 saturated carbocycles. The molecular weight excluding hydrogens is 337 g/mol. The molecule has 0 unspecified atom stereocenters. The van der Waals surface area contributed by atoms with Crippen LogP contribution in [0, 0.1) is 5.82 Å². The van der Waals surface area contributed by atoms with E-state index >= 15 is 0 Å². The van der Waals surface area contributed by atoms with E-state index in [4.69, 9.17) is 12.2 Å². The van der Waals surface area contributed by atoms with Gasteiger partial charge in [0.2, 0.25) is 0 Å². The number of halogens is 1. The topological polar surface area (TPSA) is 35.6 Å². The summed E-state index contributed by atoms with van der Waals surface area (Å²) in [7, 11) is 0. The summed E-state index contributed by atoms with van der Waals surface area (Å²) in [6.45, 7) is 11.3. The summed E-state index contributed by atoms with van der Waals surface area (Å²) in [5.41, 5.74) is 2.23. The fourth-order valence-electron chi connectivity index (χ4n) is 2.99. The maximum Gasteiger partial charge on any atom is 0.253 e. The van der Waals surface area contributed by atoms with Crippen molar-refractivity contribution in [2.45, 2.75) is 26.8 Å². The highest BCUT2D eigenvalue weighted by Gasteiger charge is 2.34. The lowest BCUT2D eigenvalue weighted by molar-refractivity contribution is -0.127. The molecule has 25 heavy (non-hydrogen) atoms. The van der Waals surface area contributed by atoms with Crippen molar-refractivity contribution in [2.24, 2.45) is 0 Å². The van der Waals surface area contributed by atoms with E-state index in [1.807, 2.05) is 25.7 Å². The van der Waals surface area contributed by atoms with Gasteiger partial charge in [0, 0.05) is 25.3 Å². The van der Waals surface area contributed by atoms with E-state index < -0.39 is 6.04 Å².